The number of fused-ring (bicyclic) bond motifs is 3. The molecule has 0 radical (unpaired) electrons. The van der Waals surface area contributed by atoms with Gasteiger partial charge >= 0.3 is 0 Å². The van der Waals surface area contributed by atoms with Crippen molar-refractivity contribution in [1.82, 2.24) is 15.0 Å². The van der Waals surface area contributed by atoms with Crippen LogP contribution in [0.5, 0.6) is 0 Å². The first-order chi connectivity index (χ1) is 47.3. The van der Waals surface area contributed by atoms with E-state index in [1.165, 1.54) is 18.8 Å². The Hall–Kier alpha value is -7.74. The van der Waals surface area contributed by atoms with Crippen LogP contribution in [0.4, 0.5) is 51.2 Å². The lowest BCUT2D eigenvalue weighted by atomic mass is 9.93. The molecule has 3 aliphatic carbocycles. The van der Waals surface area contributed by atoms with Gasteiger partial charge in [-0.1, -0.05) is 18.2 Å². The van der Waals surface area contributed by atoms with Gasteiger partial charge in [0, 0.05) is 130 Å². The highest BCUT2D eigenvalue weighted by Gasteiger charge is 2.34. The molecule has 6 aromatic rings. The van der Waals surface area contributed by atoms with Gasteiger partial charge in [-0.15, -0.1) is 0 Å². The predicted molar refractivity (Wildman–Crippen MR) is 383 cm³/mol. The molecule has 3 aromatic carbocycles. The normalized spacial score (nSPS) is 20.3. The van der Waals surface area contributed by atoms with Crippen LogP contribution in [0, 0.1) is 17.8 Å². The topological polar surface area (TPSA) is 293 Å². The number of Topliss-reactive ketones (excluding diaryl/α,β-unsaturated/α-hetero) is 3. The van der Waals surface area contributed by atoms with Gasteiger partial charge < -0.3 is 30.2 Å². The van der Waals surface area contributed by atoms with Crippen LogP contribution in [0.25, 0.3) is 0 Å². The number of hydrogen-bond acceptors (Lipinski definition) is 21. The first-order valence-corrected chi connectivity index (χ1v) is 40.4. The number of carbonyl (C=O) groups is 3. The van der Waals surface area contributed by atoms with Crippen molar-refractivity contribution in [3.05, 3.63) is 124 Å². The molecule has 0 bridgehead atoms. The van der Waals surface area contributed by atoms with Crippen LogP contribution in [0.2, 0.25) is 0 Å². The number of nitrogens with one attached hydrogen (secondary N) is 3. The zero-order valence-electron chi connectivity index (χ0n) is 57.2. The maximum atomic E-state index is 12.7. The van der Waals surface area contributed by atoms with Crippen LogP contribution in [-0.4, -0.2) is 133 Å². The van der Waals surface area contributed by atoms with Gasteiger partial charge in [0.25, 0.3) is 0 Å². The van der Waals surface area contributed by atoms with Crippen molar-refractivity contribution >= 4 is 115 Å². The van der Waals surface area contributed by atoms with Crippen molar-refractivity contribution in [3.8, 4) is 0 Å². The highest BCUT2D eigenvalue weighted by Crippen LogP contribution is 2.44. The summed E-state index contributed by atoms with van der Waals surface area (Å²) in [7, 11) is -10.4. The molecule has 3 aromatic heterocycles. The number of sulfone groups is 3. The molecule has 0 amide bonds. The molecule has 6 aliphatic heterocycles. The van der Waals surface area contributed by atoms with Gasteiger partial charge in [-0.25, -0.2) is 25.3 Å². The van der Waals surface area contributed by atoms with Crippen LogP contribution in [-0.2, 0) is 96.6 Å². The van der Waals surface area contributed by atoms with Gasteiger partial charge in [0.15, 0.2) is 29.5 Å². The third-order valence-corrected chi connectivity index (χ3v) is 23.0. The van der Waals surface area contributed by atoms with E-state index < -0.39 is 29.5 Å². The van der Waals surface area contributed by atoms with Gasteiger partial charge in [0.2, 0.25) is 0 Å². The average Bonchev–Trinajstić information content (AvgIpc) is 1.76. The quantitative estimate of drug-likeness (QED) is 0.0603. The summed E-state index contributed by atoms with van der Waals surface area (Å²) in [6, 6.07) is 22.2. The maximum absolute atomic E-state index is 12.7. The largest absolute Gasteiger partial charge is 0.381 e. The van der Waals surface area contributed by atoms with E-state index in [0.717, 1.165) is 165 Å². The standard InChI is InChI=1S/3C25H29N3O4S/c3*1-15-10-21-25(26-15)22(12-19(27-21)13-23(29)16-5-6-16)28-20-8-7-17(11-24(20)33(2,30)31)18-4-3-9-32-14-18/h3*7-8,11-12,16,18H,3-6,9-10,13-14H2,1-2H3,(H,27,28)/t18-;;/m0../s1. The highest BCUT2D eigenvalue weighted by atomic mass is 32.2. The first-order valence-electron chi connectivity index (χ1n) is 34.7. The Bertz CT molecular complexity index is 4190. The van der Waals surface area contributed by atoms with E-state index in [1.807, 2.05) is 75.4 Å². The molecule has 6 fully saturated rings. The molecular weight excluding hydrogens is 1320 g/mol. The second kappa shape index (κ2) is 29.1. The molecule has 3 atom stereocenters. The van der Waals surface area contributed by atoms with E-state index >= 15 is 0 Å². The fraction of sp³-hybridized carbons (Fsp3) is 0.480. The number of benzene rings is 3. The van der Waals surface area contributed by atoms with Crippen molar-refractivity contribution in [2.45, 2.75) is 169 Å². The van der Waals surface area contributed by atoms with Crippen LogP contribution < -0.4 is 16.0 Å². The molecule has 9 heterocycles. The van der Waals surface area contributed by atoms with Crippen molar-refractivity contribution in [1.29, 1.82) is 0 Å². The fourth-order valence-electron chi connectivity index (χ4n) is 13.9. The van der Waals surface area contributed by atoms with Crippen LogP contribution in [0.1, 0.15) is 166 Å². The van der Waals surface area contributed by atoms with Gasteiger partial charge in [0.05, 0.1) is 103 Å². The van der Waals surface area contributed by atoms with E-state index in [0.29, 0.717) is 110 Å². The summed E-state index contributed by atoms with van der Waals surface area (Å²) in [5.74, 6) is 1.77. The second-order valence-corrected chi connectivity index (χ2v) is 34.3. The summed E-state index contributed by atoms with van der Waals surface area (Å²) < 4.78 is 93.0. The number of aromatic nitrogens is 3. The molecule has 3 saturated carbocycles. The Kier molecular flexibility index (Phi) is 20.5. The fourth-order valence-corrected chi connectivity index (χ4v) is 16.5. The molecule has 522 valence electrons. The zero-order valence-corrected chi connectivity index (χ0v) is 59.6. The number of ketones is 3. The van der Waals surface area contributed by atoms with E-state index in [1.54, 1.807) is 18.2 Å². The monoisotopic (exact) mass is 1400 g/mol. The molecule has 15 rings (SSSR count). The number of rotatable bonds is 21. The average molecular weight is 1400 g/mol. The minimum atomic E-state index is -3.48. The molecule has 24 heteroatoms. The van der Waals surface area contributed by atoms with Gasteiger partial charge in [-0.3, -0.25) is 44.3 Å². The SMILES string of the molecule is CC1=Nc2c(Nc3ccc(C4CCCOC4)cc3S(C)(=O)=O)cc(CC(=O)C3CC3)nc2C1.CC1=Nc2c(Nc3ccc(C4CCCOC4)cc3S(C)(=O)=O)cc(CC(=O)C3CC3)nc2C1.CC1=Nc2c(Nc3ccc([C@H]4CCCOC4)cc3S(C)(=O)=O)cc(CC(=O)C3CC3)nc2C1. The third kappa shape index (κ3) is 17.2. The smallest absolute Gasteiger partial charge is 0.177 e. The zero-order chi connectivity index (χ0) is 69.5. The summed E-state index contributed by atoms with van der Waals surface area (Å²) in [6.45, 7) is 9.95. The molecule has 9 aliphatic rings. The summed E-state index contributed by atoms with van der Waals surface area (Å²) in [5, 5.41) is 9.96. The summed E-state index contributed by atoms with van der Waals surface area (Å²) in [6.07, 6.45) is 18.2. The number of aliphatic imine (C=N–C) groups is 3. The second-order valence-electron chi connectivity index (χ2n) is 28.4. The van der Waals surface area contributed by atoms with Crippen molar-refractivity contribution < 1.29 is 53.8 Å². The summed E-state index contributed by atoms with van der Waals surface area (Å²) >= 11 is 0. The summed E-state index contributed by atoms with van der Waals surface area (Å²) in [5.41, 5.74) is 16.1. The Morgan fingerprint density at radius 2 is 0.667 bits per heavy atom. The van der Waals surface area contributed by atoms with Gasteiger partial charge in [-0.05, 0) is 169 Å². The van der Waals surface area contributed by atoms with Crippen LogP contribution in [0.15, 0.2) is 102 Å². The molecule has 0 spiro atoms. The van der Waals surface area contributed by atoms with Crippen LogP contribution >= 0.6 is 0 Å². The molecule has 21 nitrogen and oxygen atoms in total. The number of ether oxygens (including phenoxy) is 3. The minimum absolute atomic E-state index is 0.169. The Morgan fingerprint density at radius 3 is 0.899 bits per heavy atom. The van der Waals surface area contributed by atoms with E-state index in [-0.39, 0.29) is 67.5 Å². The van der Waals surface area contributed by atoms with E-state index in [4.69, 9.17) is 29.2 Å². The van der Waals surface area contributed by atoms with Crippen molar-refractivity contribution in [3.63, 3.8) is 0 Å². The molecular formula is C75H87N9O12S3. The Morgan fingerprint density at radius 1 is 0.394 bits per heavy atom. The number of anilines is 6. The Labute approximate surface area is 580 Å². The Balaban J connectivity index is 0.000000133. The number of nitrogens with zero attached hydrogens (tertiary/aromatic N) is 6. The highest BCUT2D eigenvalue weighted by molar-refractivity contribution is 7.91. The van der Waals surface area contributed by atoms with Gasteiger partial charge in [-0.2, -0.15) is 0 Å². The lowest BCUT2D eigenvalue weighted by Gasteiger charge is -2.23. The molecule has 2 unspecified atom stereocenters. The molecule has 3 N–H and O–H groups in total. The summed E-state index contributed by atoms with van der Waals surface area (Å²) in [4.78, 5) is 66.0. The van der Waals surface area contributed by atoms with Gasteiger partial charge in [0.1, 0.15) is 34.4 Å². The predicted octanol–water partition coefficient (Wildman–Crippen LogP) is 12.9. The number of hydrogen-bond donors (Lipinski definition) is 3. The van der Waals surface area contributed by atoms with Crippen molar-refractivity contribution in [2.75, 3.05) is 74.4 Å². The minimum Gasteiger partial charge on any atom is -0.381 e. The molecule has 3 saturated heterocycles. The lowest BCUT2D eigenvalue weighted by molar-refractivity contribution is -0.120. The van der Waals surface area contributed by atoms with E-state index in [2.05, 4.69) is 30.9 Å². The lowest BCUT2D eigenvalue weighted by Crippen LogP contribution is -2.16. The molecule has 99 heavy (non-hydrogen) atoms. The van der Waals surface area contributed by atoms with Crippen LogP contribution in [0.3, 0.4) is 0 Å². The van der Waals surface area contributed by atoms with Crippen molar-refractivity contribution in [2.24, 2.45) is 32.7 Å². The third-order valence-electron chi connectivity index (χ3n) is 19.6. The van der Waals surface area contributed by atoms with E-state index in [9.17, 15) is 39.6 Å². The maximum Gasteiger partial charge on any atom is 0.177 e. The number of carbonyl (C=O) groups excluding carboxylic acids is 3. The first kappa shape index (κ1) is 69.7. The number of pyridine rings is 3.